The first-order chi connectivity index (χ1) is 12.8. The highest BCUT2D eigenvalue weighted by molar-refractivity contribution is 5.86. The van der Waals surface area contributed by atoms with Gasteiger partial charge in [-0.25, -0.2) is 0 Å². The van der Waals surface area contributed by atoms with Crippen molar-refractivity contribution in [1.29, 1.82) is 0 Å². The van der Waals surface area contributed by atoms with E-state index in [4.69, 9.17) is 4.74 Å². The van der Waals surface area contributed by atoms with Crippen LogP contribution in [-0.2, 0) is 9.53 Å². The summed E-state index contributed by atoms with van der Waals surface area (Å²) in [5.41, 5.74) is 0. The van der Waals surface area contributed by atoms with Crippen LogP contribution in [-0.4, -0.2) is 99.8 Å². The fourth-order valence-corrected chi connectivity index (χ4v) is 4.18. The number of Topliss-reactive ketones (excluding diaryl/α,β-unsaturated/α-hetero) is 1. The lowest BCUT2D eigenvalue weighted by atomic mass is 9.94. The predicted molar refractivity (Wildman–Crippen MR) is 98.8 cm³/mol. The Labute approximate surface area is 160 Å². The van der Waals surface area contributed by atoms with E-state index >= 15 is 0 Å². The van der Waals surface area contributed by atoms with Gasteiger partial charge in [0.1, 0.15) is 0 Å². The molecule has 5 nitrogen and oxygen atoms in total. The highest BCUT2D eigenvalue weighted by atomic mass is 19.4. The average molecular weight is 393 g/mol. The summed E-state index contributed by atoms with van der Waals surface area (Å²) < 4.78 is 41.3. The second-order valence-electron chi connectivity index (χ2n) is 8.15. The third-order valence-electron chi connectivity index (χ3n) is 5.62. The lowest BCUT2D eigenvalue weighted by Gasteiger charge is -2.35. The van der Waals surface area contributed by atoms with E-state index in [1.165, 1.54) is 32.5 Å². The topological polar surface area (TPSA) is 36.0 Å². The van der Waals surface area contributed by atoms with Crippen molar-refractivity contribution in [3.63, 3.8) is 0 Å². The van der Waals surface area contributed by atoms with Crippen LogP contribution >= 0.6 is 0 Å². The van der Waals surface area contributed by atoms with Crippen LogP contribution < -0.4 is 0 Å². The summed E-state index contributed by atoms with van der Waals surface area (Å²) in [6, 6.07) is 0. The second kappa shape index (κ2) is 10.7. The Morgan fingerprint density at radius 3 is 2.11 bits per heavy atom. The molecule has 2 atom stereocenters. The predicted octanol–water partition coefficient (Wildman–Crippen LogP) is 2.12. The van der Waals surface area contributed by atoms with Crippen LogP contribution in [0.15, 0.2) is 0 Å². The summed E-state index contributed by atoms with van der Waals surface area (Å²) in [5, 5.41) is 0. The number of ether oxygens (including phenoxy) is 1. The Balaban J connectivity index is 0.000000194. The zero-order valence-electron chi connectivity index (χ0n) is 16.6. The normalized spacial score (nSPS) is 29.1. The number of hydrogen-bond acceptors (Lipinski definition) is 5. The van der Waals surface area contributed by atoms with Gasteiger partial charge in [0.05, 0.1) is 13.2 Å². The number of ketones is 1. The Morgan fingerprint density at radius 2 is 1.56 bits per heavy atom. The summed E-state index contributed by atoms with van der Waals surface area (Å²) in [7, 11) is 3.97. The van der Waals surface area contributed by atoms with E-state index in [1.807, 2.05) is 0 Å². The SMILES string of the molecule is CN1CCCC(C(=O)C(F)(F)F)C1.CN1CCCC(CN2CCOCC2)C1. The number of piperidine rings is 2. The van der Waals surface area contributed by atoms with Crippen LogP contribution in [0.2, 0.25) is 0 Å². The van der Waals surface area contributed by atoms with Crippen molar-refractivity contribution in [3.05, 3.63) is 0 Å². The van der Waals surface area contributed by atoms with Gasteiger partial charge in [0, 0.05) is 38.6 Å². The smallest absolute Gasteiger partial charge is 0.379 e. The van der Waals surface area contributed by atoms with Crippen molar-refractivity contribution >= 4 is 5.78 Å². The van der Waals surface area contributed by atoms with Crippen LogP contribution in [0.5, 0.6) is 0 Å². The third kappa shape index (κ3) is 8.05. The van der Waals surface area contributed by atoms with Gasteiger partial charge in [0.15, 0.2) is 0 Å². The van der Waals surface area contributed by atoms with Crippen molar-refractivity contribution in [2.75, 3.05) is 73.1 Å². The molecule has 3 aliphatic rings. The van der Waals surface area contributed by atoms with Crippen LogP contribution in [0.25, 0.3) is 0 Å². The van der Waals surface area contributed by atoms with E-state index in [9.17, 15) is 18.0 Å². The van der Waals surface area contributed by atoms with E-state index in [0.29, 0.717) is 12.8 Å². The Bertz CT molecular complexity index is 456. The lowest BCUT2D eigenvalue weighted by molar-refractivity contribution is -0.177. The molecule has 3 aliphatic heterocycles. The number of carbonyl (C=O) groups is 1. The van der Waals surface area contributed by atoms with E-state index < -0.39 is 17.9 Å². The number of alkyl halides is 3. The summed E-state index contributed by atoms with van der Waals surface area (Å²) >= 11 is 0. The molecule has 0 bridgehead atoms. The standard InChI is InChI=1S/C11H22N2O.C8H12F3NO/c1-12-4-2-3-11(9-12)10-13-5-7-14-8-6-13;1-12-4-2-3-6(5-12)7(13)8(9,10)11/h11H,2-10H2,1H3;6H,2-5H2,1H3. The maximum atomic E-state index is 12.0. The van der Waals surface area contributed by atoms with Crippen LogP contribution in [0.4, 0.5) is 13.2 Å². The van der Waals surface area contributed by atoms with Crippen molar-refractivity contribution in [3.8, 4) is 0 Å². The molecule has 3 heterocycles. The fraction of sp³-hybridized carbons (Fsp3) is 0.947. The molecular weight excluding hydrogens is 359 g/mol. The zero-order valence-corrected chi connectivity index (χ0v) is 16.6. The van der Waals surface area contributed by atoms with Crippen molar-refractivity contribution in [2.45, 2.75) is 31.9 Å². The highest BCUT2D eigenvalue weighted by Crippen LogP contribution is 2.26. The number of hydrogen-bond donors (Lipinski definition) is 0. The van der Waals surface area contributed by atoms with Crippen LogP contribution in [0, 0.1) is 11.8 Å². The molecule has 0 aromatic rings. The molecule has 0 radical (unpaired) electrons. The molecule has 0 aromatic heterocycles. The molecule has 0 amide bonds. The molecular formula is C19H34F3N3O2. The summed E-state index contributed by atoms with van der Waals surface area (Å²) in [4.78, 5) is 17.6. The minimum atomic E-state index is -4.66. The Kier molecular flexibility index (Phi) is 8.98. The molecule has 0 aromatic carbocycles. The molecule has 158 valence electrons. The largest absolute Gasteiger partial charge is 0.450 e. The molecule has 3 saturated heterocycles. The van der Waals surface area contributed by atoms with Crippen LogP contribution in [0.1, 0.15) is 25.7 Å². The maximum Gasteiger partial charge on any atom is 0.450 e. The molecule has 0 aliphatic carbocycles. The van der Waals surface area contributed by atoms with Gasteiger partial charge < -0.3 is 14.5 Å². The zero-order chi connectivity index (χ0) is 19.9. The number of carbonyl (C=O) groups excluding carboxylic acids is 1. The van der Waals surface area contributed by atoms with Gasteiger partial charge in [-0.05, 0) is 58.8 Å². The van der Waals surface area contributed by atoms with E-state index in [2.05, 4.69) is 16.8 Å². The average Bonchev–Trinajstić information content (AvgIpc) is 2.62. The van der Waals surface area contributed by atoms with Gasteiger partial charge in [-0.2, -0.15) is 13.2 Å². The molecule has 3 fully saturated rings. The van der Waals surface area contributed by atoms with Gasteiger partial charge in [0.2, 0.25) is 5.78 Å². The molecule has 27 heavy (non-hydrogen) atoms. The fourth-order valence-electron chi connectivity index (χ4n) is 4.18. The van der Waals surface area contributed by atoms with E-state index in [1.54, 1.807) is 11.9 Å². The first-order valence-electron chi connectivity index (χ1n) is 10.0. The third-order valence-corrected chi connectivity index (χ3v) is 5.62. The number of likely N-dealkylation sites (tertiary alicyclic amines) is 2. The van der Waals surface area contributed by atoms with E-state index in [0.717, 1.165) is 38.8 Å². The summed E-state index contributed by atoms with van der Waals surface area (Å²) in [6.45, 7) is 9.02. The number of morpholine rings is 1. The highest BCUT2D eigenvalue weighted by Gasteiger charge is 2.43. The summed E-state index contributed by atoms with van der Waals surface area (Å²) in [5.74, 6) is -1.52. The first kappa shape index (κ1) is 22.6. The van der Waals surface area contributed by atoms with Gasteiger partial charge in [-0.3, -0.25) is 9.69 Å². The van der Waals surface area contributed by atoms with Gasteiger partial charge in [0.25, 0.3) is 0 Å². The molecule has 8 heteroatoms. The molecule has 2 unspecified atom stereocenters. The quantitative estimate of drug-likeness (QED) is 0.734. The monoisotopic (exact) mass is 393 g/mol. The number of rotatable bonds is 3. The van der Waals surface area contributed by atoms with Crippen molar-refractivity contribution < 1.29 is 22.7 Å². The van der Waals surface area contributed by atoms with E-state index in [-0.39, 0.29) is 6.54 Å². The molecule has 0 spiro atoms. The molecule has 3 rings (SSSR count). The second-order valence-corrected chi connectivity index (χ2v) is 8.15. The van der Waals surface area contributed by atoms with Crippen LogP contribution in [0.3, 0.4) is 0 Å². The maximum absolute atomic E-state index is 12.0. The Morgan fingerprint density at radius 1 is 0.963 bits per heavy atom. The van der Waals surface area contributed by atoms with Crippen molar-refractivity contribution in [2.24, 2.45) is 11.8 Å². The van der Waals surface area contributed by atoms with Crippen molar-refractivity contribution in [1.82, 2.24) is 14.7 Å². The summed E-state index contributed by atoms with van der Waals surface area (Å²) in [6.07, 6.45) is -0.832. The minimum Gasteiger partial charge on any atom is -0.379 e. The van der Waals surface area contributed by atoms with Gasteiger partial charge in [-0.15, -0.1) is 0 Å². The Hall–Kier alpha value is -0.700. The number of nitrogens with zero attached hydrogens (tertiary/aromatic N) is 3. The number of halogens is 3. The lowest BCUT2D eigenvalue weighted by Crippen LogP contribution is -2.43. The van der Waals surface area contributed by atoms with Gasteiger partial charge >= 0.3 is 6.18 Å². The first-order valence-corrected chi connectivity index (χ1v) is 10.0. The van der Waals surface area contributed by atoms with Gasteiger partial charge in [-0.1, -0.05) is 0 Å². The molecule has 0 N–H and O–H groups in total. The minimum absolute atomic E-state index is 0.234. The molecule has 0 saturated carbocycles.